The number of nitrogens with zero attached hydrogens (tertiary/aromatic N) is 2. The van der Waals surface area contributed by atoms with Crippen LogP contribution in [0.3, 0.4) is 0 Å². The molecule has 1 saturated heterocycles. The fraction of sp³-hybridized carbons (Fsp3) is 0.455. The first-order chi connectivity index (χ1) is 14.6. The highest BCUT2D eigenvalue weighted by Crippen LogP contribution is 2.36. The number of amides is 1. The van der Waals surface area contributed by atoms with Crippen molar-refractivity contribution in [3.8, 4) is 5.75 Å². The van der Waals surface area contributed by atoms with Crippen molar-refractivity contribution < 1.29 is 24.5 Å². The molecule has 1 aromatic heterocycles. The third-order valence-electron chi connectivity index (χ3n) is 5.85. The van der Waals surface area contributed by atoms with Crippen LogP contribution in [0.5, 0.6) is 5.75 Å². The van der Waals surface area contributed by atoms with Gasteiger partial charge in [0.25, 0.3) is 5.91 Å². The second-order valence-electron chi connectivity index (χ2n) is 7.68. The number of rotatable bonds is 5. The quantitative estimate of drug-likeness (QED) is 0.670. The van der Waals surface area contributed by atoms with Gasteiger partial charge < -0.3 is 29.9 Å². The zero-order chi connectivity index (χ0) is 21.1. The van der Waals surface area contributed by atoms with Crippen LogP contribution in [0.4, 0.5) is 5.82 Å². The Morgan fingerprint density at radius 2 is 2.03 bits per heavy atom. The number of pyridine rings is 1. The molecule has 1 aromatic carbocycles. The molecule has 160 valence electrons. The lowest BCUT2D eigenvalue weighted by Crippen LogP contribution is -2.45. The largest absolute Gasteiger partial charge is 0.497 e. The molecule has 8 heteroatoms. The molecule has 30 heavy (non-hydrogen) atoms. The lowest BCUT2D eigenvalue weighted by atomic mass is 9.94. The van der Waals surface area contributed by atoms with Crippen LogP contribution in [-0.2, 0) is 4.74 Å². The van der Waals surface area contributed by atoms with Crippen LogP contribution < -0.4 is 15.0 Å². The Bertz CT molecular complexity index is 869. The number of ether oxygens (including phenoxy) is 2. The number of carbonyl (C=O) groups is 1. The Morgan fingerprint density at radius 1 is 1.23 bits per heavy atom. The lowest BCUT2D eigenvalue weighted by molar-refractivity contribution is 0.0294. The summed E-state index contributed by atoms with van der Waals surface area (Å²) in [6.45, 7) is 2.96. The fourth-order valence-corrected chi connectivity index (χ4v) is 4.15. The van der Waals surface area contributed by atoms with Gasteiger partial charge in [0, 0.05) is 30.8 Å². The molecule has 1 aliphatic carbocycles. The molecule has 3 N–H and O–H groups in total. The van der Waals surface area contributed by atoms with Gasteiger partial charge in [-0.1, -0.05) is 12.1 Å². The summed E-state index contributed by atoms with van der Waals surface area (Å²) in [6, 6.07) is 10.1. The molecular formula is C22H27N3O5. The highest BCUT2D eigenvalue weighted by atomic mass is 16.5. The number of aliphatic hydroxyl groups excluding tert-OH is 2. The molecule has 0 spiro atoms. The first kappa shape index (κ1) is 20.6. The van der Waals surface area contributed by atoms with Gasteiger partial charge in [0.1, 0.15) is 17.7 Å². The van der Waals surface area contributed by atoms with E-state index in [4.69, 9.17) is 9.47 Å². The van der Waals surface area contributed by atoms with Crippen molar-refractivity contribution >= 4 is 11.7 Å². The van der Waals surface area contributed by atoms with E-state index in [0.29, 0.717) is 30.9 Å². The van der Waals surface area contributed by atoms with Crippen molar-refractivity contribution in [2.24, 2.45) is 0 Å². The van der Waals surface area contributed by atoms with E-state index in [9.17, 15) is 15.0 Å². The highest BCUT2D eigenvalue weighted by molar-refractivity contribution is 5.94. The molecule has 1 saturated carbocycles. The van der Waals surface area contributed by atoms with E-state index in [-0.39, 0.29) is 11.8 Å². The van der Waals surface area contributed by atoms with Crippen molar-refractivity contribution in [3.63, 3.8) is 0 Å². The van der Waals surface area contributed by atoms with Gasteiger partial charge in [0.05, 0.1) is 32.5 Å². The second-order valence-corrected chi connectivity index (χ2v) is 7.68. The summed E-state index contributed by atoms with van der Waals surface area (Å²) in [5, 5.41) is 23.7. The molecule has 2 aliphatic rings. The van der Waals surface area contributed by atoms with Gasteiger partial charge in [0.15, 0.2) is 0 Å². The van der Waals surface area contributed by atoms with Crippen LogP contribution in [-0.4, -0.2) is 72.8 Å². The van der Waals surface area contributed by atoms with E-state index in [1.807, 2.05) is 12.1 Å². The van der Waals surface area contributed by atoms with Gasteiger partial charge in [-0.25, -0.2) is 4.98 Å². The Labute approximate surface area is 175 Å². The molecule has 2 fully saturated rings. The molecule has 2 aromatic rings. The predicted octanol–water partition coefficient (Wildman–Crippen LogP) is 0.934. The van der Waals surface area contributed by atoms with Crippen molar-refractivity contribution in [3.05, 3.63) is 53.7 Å². The van der Waals surface area contributed by atoms with Crippen molar-refractivity contribution in [1.82, 2.24) is 10.3 Å². The molecule has 1 aliphatic heterocycles. The monoisotopic (exact) mass is 413 g/mol. The summed E-state index contributed by atoms with van der Waals surface area (Å²) in [7, 11) is 1.54. The van der Waals surface area contributed by atoms with E-state index in [0.717, 1.165) is 24.5 Å². The molecule has 0 unspecified atom stereocenters. The summed E-state index contributed by atoms with van der Waals surface area (Å²) in [5.74, 6) is 0.887. The number of aliphatic hydroxyl groups is 2. The van der Waals surface area contributed by atoms with Crippen molar-refractivity contribution in [2.45, 2.75) is 30.6 Å². The normalized spacial score (nSPS) is 26.4. The van der Waals surface area contributed by atoms with E-state index in [1.54, 1.807) is 30.5 Å². The number of methoxy groups -OCH3 is 1. The lowest BCUT2D eigenvalue weighted by Gasteiger charge is -2.28. The number of hydrogen-bond donors (Lipinski definition) is 3. The molecule has 2 heterocycles. The van der Waals surface area contributed by atoms with Crippen LogP contribution in [0.2, 0.25) is 0 Å². The molecule has 0 bridgehead atoms. The highest BCUT2D eigenvalue weighted by Gasteiger charge is 2.43. The maximum atomic E-state index is 12.8. The fourth-order valence-electron chi connectivity index (χ4n) is 4.15. The summed E-state index contributed by atoms with van der Waals surface area (Å²) < 4.78 is 10.6. The minimum Gasteiger partial charge on any atom is -0.497 e. The Morgan fingerprint density at radius 3 is 2.73 bits per heavy atom. The zero-order valence-electron chi connectivity index (χ0n) is 16.9. The molecule has 1 amide bonds. The molecular weight excluding hydrogens is 386 g/mol. The number of nitrogens with one attached hydrogen (secondary N) is 1. The number of morpholine rings is 1. The number of carbonyl (C=O) groups excluding carboxylic acids is 1. The van der Waals surface area contributed by atoms with Gasteiger partial charge in [-0.3, -0.25) is 4.79 Å². The number of aromatic nitrogens is 1. The van der Waals surface area contributed by atoms with Crippen molar-refractivity contribution in [1.29, 1.82) is 0 Å². The summed E-state index contributed by atoms with van der Waals surface area (Å²) >= 11 is 0. The van der Waals surface area contributed by atoms with Crippen molar-refractivity contribution in [2.75, 3.05) is 38.3 Å². The maximum Gasteiger partial charge on any atom is 0.251 e. The van der Waals surface area contributed by atoms with Gasteiger partial charge in [-0.05, 0) is 36.2 Å². The van der Waals surface area contributed by atoms with Gasteiger partial charge >= 0.3 is 0 Å². The van der Waals surface area contributed by atoms with Crippen LogP contribution in [0, 0.1) is 0 Å². The van der Waals surface area contributed by atoms with Gasteiger partial charge in [-0.15, -0.1) is 0 Å². The van der Waals surface area contributed by atoms with E-state index in [2.05, 4.69) is 15.2 Å². The molecule has 4 atom stereocenters. The first-order valence-corrected chi connectivity index (χ1v) is 10.2. The SMILES string of the molecule is COc1cccc(C(=O)N[C@H]2[C@H](O)[C@H](O)C[C@@H]2c2ccc(N3CCOCC3)nc2)c1. The minimum absolute atomic E-state index is 0.240. The van der Waals surface area contributed by atoms with Crippen LogP contribution >= 0.6 is 0 Å². The van der Waals surface area contributed by atoms with Crippen LogP contribution in [0.15, 0.2) is 42.6 Å². The average molecular weight is 413 g/mol. The Hall–Kier alpha value is -2.68. The topological polar surface area (TPSA) is 104 Å². The van der Waals surface area contributed by atoms with Crippen LogP contribution in [0.1, 0.15) is 28.3 Å². The third kappa shape index (κ3) is 4.26. The van der Waals surface area contributed by atoms with E-state index >= 15 is 0 Å². The number of anilines is 1. The molecule has 0 radical (unpaired) electrons. The second kappa shape index (κ2) is 8.99. The number of hydrogen-bond acceptors (Lipinski definition) is 7. The summed E-state index contributed by atoms with van der Waals surface area (Å²) in [4.78, 5) is 19.5. The van der Waals surface area contributed by atoms with Gasteiger partial charge in [-0.2, -0.15) is 0 Å². The van der Waals surface area contributed by atoms with Gasteiger partial charge in [0.2, 0.25) is 0 Å². The first-order valence-electron chi connectivity index (χ1n) is 10.2. The van der Waals surface area contributed by atoms with E-state index < -0.39 is 18.2 Å². The molecule has 8 nitrogen and oxygen atoms in total. The van der Waals surface area contributed by atoms with Crippen LogP contribution in [0.25, 0.3) is 0 Å². The number of benzene rings is 1. The third-order valence-corrected chi connectivity index (χ3v) is 5.85. The van der Waals surface area contributed by atoms with E-state index in [1.165, 1.54) is 7.11 Å². The summed E-state index contributed by atoms with van der Waals surface area (Å²) in [6.07, 6.45) is 0.154. The zero-order valence-corrected chi connectivity index (χ0v) is 16.9. The predicted molar refractivity (Wildman–Crippen MR) is 111 cm³/mol. The standard InChI is InChI=1S/C22H27N3O5/c1-29-16-4-2-3-14(11-16)22(28)24-20-17(12-18(26)21(20)27)15-5-6-19(23-13-15)25-7-9-30-10-8-25/h2-6,11,13,17-18,20-21,26-27H,7-10,12H2,1H3,(H,24,28)/t17-,18-,20-,21-/m1/s1. The summed E-state index contributed by atoms with van der Waals surface area (Å²) in [5.41, 5.74) is 1.31. The average Bonchev–Trinajstić information content (AvgIpc) is 3.08. The Kier molecular flexibility index (Phi) is 6.17. The maximum absolute atomic E-state index is 12.8. The minimum atomic E-state index is -1.05. The smallest absolute Gasteiger partial charge is 0.251 e. The Balaban J connectivity index is 1.50. The molecule has 4 rings (SSSR count).